The molecule has 0 aliphatic carbocycles. The van der Waals surface area contributed by atoms with Gasteiger partial charge in [0.1, 0.15) is 5.69 Å². The fourth-order valence-electron chi connectivity index (χ4n) is 1.09. The largest absolute Gasteiger partial charge is 0.476 e. The molecule has 15 heavy (non-hydrogen) atoms. The van der Waals surface area contributed by atoms with Crippen molar-refractivity contribution in [2.75, 3.05) is 6.61 Å². The predicted octanol–water partition coefficient (Wildman–Crippen LogP) is 3.09. The molecule has 4 heteroatoms. The van der Waals surface area contributed by atoms with E-state index < -0.39 is 0 Å². The molecule has 0 aromatic carbocycles. The van der Waals surface area contributed by atoms with Gasteiger partial charge in [0.15, 0.2) is 5.15 Å². The van der Waals surface area contributed by atoms with Crippen molar-refractivity contribution in [2.24, 2.45) is 0 Å². The van der Waals surface area contributed by atoms with Gasteiger partial charge in [-0.2, -0.15) is 0 Å². The van der Waals surface area contributed by atoms with Crippen LogP contribution in [-0.2, 0) is 0 Å². The summed E-state index contributed by atoms with van der Waals surface area (Å²) in [6.45, 7) is 7.92. The van der Waals surface area contributed by atoms with Crippen molar-refractivity contribution in [3.63, 3.8) is 0 Å². The van der Waals surface area contributed by atoms with E-state index in [2.05, 4.69) is 16.5 Å². The summed E-state index contributed by atoms with van der Waals surface area (Å²) in [5.74, 6) is 0.570. The number of rotatable bonds is 5. The molecule has 1 aromatic rings. The highest BCUT2D eigenvalue weighted by Crippen LogP contribution is 2.18. The van der Waals surface area contributed by atoms with E-state index >= 15 is 0 Å². The van der Waals surface area contributed by atoms with Crippen LogP contribution in [-0.4, -0.2) is 16.6 Å². The number of hydrogen-bond donors (Lipinski definition) is 0. The van der Waals surface area contributed by atoms with Gasteiger partial charge in [0, 0.05) is 0 Å². The zero-order valence-corrected chi connectivity index (χ0v) is 9.84. The molecular weight excluding hydrogens is 212 g/mol. The molecule has 0 spiro atoms. The maximum absolute atomic E-state index is 5.83. The van der Waals surface area contributed by atoms with E-state index in [9.17, 15) is 0 Å². The molecule has 0 N–H and O–H groups in total. The lowest BCUT2D eigenvalue weighted by atomic mass is 10.3. The number of allylic oxidation sites excluding steroid dienone is 1. The van der Waals surface area contributed by atoms with Gasteiger partial charge in [0.25, 0.3) is 0 Å². The molecule has 0 radical (unpaired) electrons. The summed E-state index contributed by atoms with van der Waals surface area (Å²) in [6, 6.07) is 0. The molecule has 1 aromatic heterocycles. The maximum Gasteiger partial charge on any atom is 0.235 e. The molecule has 0 amide bonds. The molecule has 0 bridgehead atoms. The first-order valence-electron chi connectivity index (χ1n) is 4.89. The first-order valence-corrected chi connectivity index (χ1v) is 5.27. The number of nitrogens with zero attached hydrogens (tertiary/aromatic N) is 2. The van der Waals surface area contributed by atoms with Crippen LogP contribution in [0.5, 0.6) is 5.88 Å². The van der Waals surface area contributed by atoms with E-state index in [1.165, 1.54) is 0 Å². The number of hydrogen-bond acceptors (Lipinski definition) is 3. The topological polar surface area (TPSA) is 35.0 Å². The van der Waals surface area contributed by atoms with E-state index in [1.807, 2.05) is 19.9 Å². The van der Waals surface area contributed by atoms with Gasteiger partial charge in [-0.15, -0.1) is 6.58 Å². The monoisotopic (exact) mass is 226 g/mol. The molecule has 1 heterocycles. The second-order valence-electron chi connectivity index (χ2n) is 3.27. The van der Waals surface area contributed by atoms with Crippen molar-refractivity contribution >= 4 is 11.6 Å². The van der Waals surface area contributed by atoms with Crippen molar-refractivity contribution in [3.05, 3.63) is 29.2 Å². The lowest BCUT2D eigenvalue weighted by Crippen LogP contribution is -2.03. The lowest BCUT2D eigenvalue weighted by molar-refractivity contribution is 0.296. The van der Waals surface area contributed by atoms with Crippen molar-refractivity contribution < 1.29 is 4.74 Å². The minimum absolute atomic E-state index is 0.436. The zero-order chi connectivity index (χ0) is 11.3. The Morgan fingerprint density at radius 1 is 1.33 bits per heavy atom. The number of aromatic nitrogens is 2. The molecule has 0 aliphatic heterocycles. The Bertz CT molecular complexity index is 353. The zero-order valence-electron chi connectivity index (χ0n) is 9.09. The molecule has 0 unspecified atom stereocenters. The van der Waals surface area contributed by atoms with Gasteiger partial charge in [-0.3, -0.25) is 0 Å². The maximum atomic E-state index is 5.83. The highest BCUT2D eigenvalue weighted by Gasteiger charge is 2.06. The van der Waals surface area contributed by atoms with Crippen molar-refractivity contribution in [2.45, 2.75) is 26.7 Å². The fraction of sp³-hybridized carbons (Fsp3) is 0.455. The SMILES string of the molecule is C=CCCCOc1nc(C)c(Cl)nc1C. The molecule has 0 saturated heterocycles. The van der Waals surface area contributed by atoms with E-state index in [-0.39, 0.29) is 0 Å². The third-order valence-electron chi connectivity index (χ3n) is 1.93. The van der Waals surface area contributed by atoms with E-state index in [0.29, 0.717) is 23.3 Å². The summed E-state index contributed by atoms with van der Waals surface area (Å²) in [4.78, 5) is 8.36. The second kappa shape index (κ2) is 5.71. The van der Waals surface area contributed by atoms with Crippen LogP contribution >= 0.6 is 11.6 Å². The first-order chi connectivity index (χ1) is 7.15. The van der Waals surface area contributed by atoms with Crippen molar-refractivity contribution in [1.29, 1.82) is 0 Å². The Hall–Kier alpha value is -1.09. The van der Waals surface area contributed by atoms with Crippen molar-refractivity contribution in [1.82, 2.24) is 9.97 Å². The molecule has 1 rings (SSSR count). The summed E-state index contributed by atoms with van der Waals surface area (Å²) >= 11 is 5.83. The number of aryl methyl sites for hydroxylation is 2. The Balaban J connectivity index is 2.61. The van der Waals surface area contributed by atoms with E-state index in [0.717, 1.165) is 18.5 Å². The Morgan fingerprint density at radius 2 is 2.07 bits per heavy atom. The summed E-state index contributed by atoms with van der Waals surface area (Å²) in [5.41, 5.74) is 1.42. The van der Waals surface area contributed by atoms with Crippen LogP contribution in [0.1, 0.15) is 24.2 Å². The minimum Gasteiger partial charge on any atom is -0.476 e. The van der Waals surface area contributed by atoms with Crippen LogP contribution in [0.2, 0.25) is 5.15 Å². The summed E-state index contributed by atoms with van der Waals surface area (Å²) in [6.07, 6.45) is 3.75. The molecule has 0 aliphatic rings. The Morgan fingerprint density at radius 3 is 2.73 bits per heavy atom. The van der Waals surface area contributed by atoms with Crippen LogP contribution in [0.15, 0.2) is 12.7 Å². The first kappa shape index (κ1) is 12.0. The second-order valence-corrected chi connectivity index (χ2v) is 3.63. The number of ether oxygens (including phenoxy) is 1. The minimum atomic E-state index is 0.436. The normalized spacial score (nSPS) is 10.1. The van der Waals surface area contributed by atoms with Gasteiger partial charge in [-0.05, 0) is 26.7 Å². The lowest BCUT2D eigenvalue weighted by Gasteiger charge is -2.08. The number of unbranched alkanes of at least 4 members (excludes halogenated alkanes) is 1. The molecule has 0 fully saturated rings. The van der Waals surface area contributed by atoms with Crippen LogP contribution in [0.3, 0.4) is 0 Å². The molecule has 0 atom stereocenters. The molecule has 3 nitrogen and oxygen atoms in total. The van der Waals surface area contributed by atoms with Crippen LogP contribution in [0, 0.1) is 13.8 Å². The average molecular weight is 227 g/mol. The predicted molar refractivity (Wildman–Crippen MR) is 61.4 cm³/mol. The summed E-state index contributed by atoms with van der Waals surface area (Å²) in [5, 5.41) is 0.436. The third kappa shape index (κ3) is 3.51. The van der Waals surface area contributed by atoms with E-state index in [1.54, 1.807) is 0 Å². The van der Waals surface area contributed by atoms with Crippen LogP contribution in [0.25, 0.3) is 0 Å². The quantitative estimate of drug-likeness (QED) is 0.572. The summed E-state index contributed by atoms with van der Waals surface area (Å²) < 4.78 is 5.49. The number of halogens is 1. The molecule has 82 valence electrons. The van der Waals surface area contributed by atoms with E-state index in [4.69, 9.17) is 16.3 Å². The standard InChI is InChI=1S/C11H15ClN2O/c1-4-5-6-7-15-11-9(3)13-10(12)8(2)14-11/h4H,1,5-7H2,2-3H3. The van der Waals surface area contributed by atoms with Gasteiger partial charge in [-0.1, -0.05) is 17.7 Å². The van der Waals surface area contributed by atoms with Crippen molar-refractivity contribution in [3.8, 4) is 5.88 Å². The average Bonchev–Trinajstić information content (AvgIpc) is 2.20. The summed E-state index contributed by atoms with van der Waals surface area (Å²) in [7, 11) is 0. The molecular formula is C11H15ClN2O. The van der Waals surface area contributed by atoms with Gasteiger partial charge in [0.2, 0.25) is 5.88 Å². The highest BCUT2D eigenvalue weighted by atomic mass is 35.5. The Kier molecular flexibility index (Phi) is 4.56. The van der Waals surface area contributed by atoms with Gasteiger partial charge < -0.3 is 4.74 Å². The van der Waals surface area contributed by atoms with Gasteiger partial charge in [-0.25, -0.2) is 9.97 Å². The smallest absolute Gasteiger partial charge is 0.235 e. The van der Waals surface area contributed by atoms with Crippen LogP contribution < -0.4 is 4.74 Å². The third-order valence-corrected chi connectivity index (χ3v) is 2.29. The van der Waals surface area contributed by atoms with Gasteiger partial charge in [0.05, 0.1) is 12.3 Å². The van der Waals surface area contributed by atoms with Crippen LogP contribution in [0.4, 0.5) is 0 Å². The highest BCUT2D eigenvalue weighted by molar-refractivity contribution is 6.30. The Labute approximate surface area is 95.2 Å². The van der Waals surface area contributed by atoms with Gasteiger partial charge >= 0.3 is 0 Å². The fourth-order valence-corrected chi connectivity index (χ4v) is 1.26. The molecule has 0 saturated carbocycles.